The molecule has 1 N–H and O–H groups in total. The second-order valence-corrected chi connectivity index (χ2v) is 8.28. The first kappa shape index (κ1) is 17.8. The van der Waals surface area contributed by atoms with Crippen LogP contribution in [-0.4, -0.2) is 48.8 Å². The molecule has 0 aromatic heterocycles. The van der Waals surface area contributed by atoms with Crippen molar-refractivity contribution in [1.82, 2.24) is 10.2 Å². The van der Waals surface area contributed by atoms with E-state index in [1.54, 1.807) is 0 Å². The molecule has 0 saturated carbocycles. The molecular weight excluding hydrogens is 328 g/mol. The molecule has 0 aliphatic carbocycles. The van der Waals surface area contributed by atoms with Gasteiger partial charge < -0.3 is 19.7 Å². The number of fused-ring (bicyclic) bond motifs is 1. The van der Waals surface area contributed by atoms with Crippen LogP contribution in [0.4, 0.5) is 0 Å². The van der Waals surface area contributed by atoms with Gasteiger partial charge in [0.2, 0.25) is 5.91 Å². The van der Waals surface area contributed by atoms with Crippen LogP contribution in [-0.2, 0) is 9.53 Å². The average Bonchev–Trinajstić information content (AvgIpc) is 3.17. The van der Waals surface area contributed by atoms with E-state index in [0.29, 0.717) is 19.3 Å². The predicted octanol–water partition coefficient (Wildman–Crippen LogP) is 2.91. The maximum Gasteiger partial charge on any atom is 0.226 e. The molecule has 5 heteroatoms. The molecule has 0 radical (unpaired) electrons. The number of nitrogens with one attached hydrogen (secondary N) is 1. The minimum Gasteiger partial charge on any atom is -0.487 e. The summed E-state index contributed by atoms with van der Waals surface area (Å²) in [6.07, 6.45) is 3.71. The van der Waals surface area contributed by atoms with Crippen molar-refractivity contribution < 1.29 is 14.3 Å². The standard InChI is InChI=1S/C21H30N2O3/c1-15(2)23-10-8-21(9-11-23)13-18(17-5-3-4-6-19(17)26-21)22-20(24)16-7-12-25-14-16/h3-6,15-16,18H,7-14H2,1-2H3,(H,22,24)/t16-,18-/m0/s1. The minimum absolute atomic E-state index is 0.0104. The molecule has 5 nitrogen and oxygen atoms in total. The summed E-state index contributed by atoms with van der Waals surface area (Å²) in [5.41, 5.74) is 0.945. The highest BCUT2D eigenvalue weighted by Crippen LogP contribution is 2.44. The zero-order chi connectivity index (χ0) is 18.1. The molecule has 3 aliphatic heterocycles. The number of likely N-dealkylation sites (tertiary alicyclic amines) is 1. The summed E-state index contributed by atoms with van der Waals surface area (Å²) in [4.78, 5) is 15.2. The van der Waals surface area contributed by atoms with Crippen molar-refractivity contribution in [3.8, 4) is 5.75 Å². The van der Waals surface area contributed by atoms with Crippen molar-refractivity contribution in [1.29, 1.82) is 0 Å². The molecule has 1 aromatic rings. The Bertz CT molecular complexity index is 646. The quantitative estimate of drug-likeness (QED) is 0.903. The largest absolute Gasteiger partial charge is 0.487 e. The second kappa shape index (κ2) is 7.20. The van der Waals surface area contributed by atoms with E-state index in [4.69, 9.17) is 9.47 Å². The van der Waals surface area contributed by atoms with Crippen LogP contribution in [0.1, 0.15) is 51.1 Å². The number of rotatable bonds is 3. The Morgan fingerprint density at radius 2 is 2.04 bits per heavy atom. The van der Waals surface area contributed by atoms with Crippen molar-refractivity contribution in [3.05, 3.63) is 29.8 Å². The Balaban J connectivity index is 1.53. The van der Waals surface area contributed by atoms with E-state index in [1.807, 2.05) is 18.2 Å². The molecule has 3 heterocycles. The molecule has 1 amide bonds. The summed E-state index contributed by atoms with van der Waals surface area (Å²) < 4.78 is 11.9. The second-order valence-electron chi connectivity index (χ2n) is 8.28. The van der Waals surface area contributed by atoms with E-state index in [9.17, 15) is 4.79 Å². The fourth-order valence-corrected chi connectivity index (χ4v) is 4.53. The lowest BCUT2D eigenvalue weighted by Crippen LogP contribution is -2.53. The molecule has 1 aromatic carbocycles. The summed E-state index contributed by atoms with van der Waals surface area (Å²) in [6.45, 7) is 7.85. The van der Waals surface area contributed by atoms with Gasteiger partial charge in [-0.1, -0.05) is 18.2 Å². The molecule has 26 heavy (non-hydrogen) atoms. The van der Waals surface area contributed by atoms with Crippen LogP contribution in [0, 0.1) is 5.92 Å². The summed E-state index contributed by atoms with van der Waals surface area (Å²) in [6, 6.07) is 8.77. The van der Waals surface area contributed by atoms with E-state index in [0.717, 1.165) is 50.1 Å². The van der Waals surface area contributed by atoms with Gasteiger partial charge >= 0.3 is 0 Å². The number of carbonyl (C=O) groups excluding carboxylic acids is 1. The van der Waals surface area contributed by atoms with Crippen LogP contribution in [0.2, 0.25) is 0 Å². The summed E-state index contributed by atoms with van der Waals surface area (Å²) >= 11 is 0. The van der Waals surface area contributed by atoms with E-state index >= 15 is 0 Å². The molecule has 2 atom stereocenters. The van der Waals surface area contributed by atoms with Crippen LogP contribution in [0.15, 0.2) is 24.3 Å². The van der Waals surface area contributed by atoms with Crippen molar-refractivity contribution in [3.63, 3.8) is 0 Å². The van der Waals surface area contributed by atoms with Gasteiger partial charge in [-0.15, -0.1) is 0 Å². The molecule has 142 valence electrons. The molecule has 2 saturated heterocycles. The van der Waals surface area contributed by atoms with Crippen LogP contribution < -0.4 is 10.1 Å². The van der Waals surface area contributed by atoms with Gasteiger partial charge in [0.15, 0.2) is 0 Å². The topological polar surface area (TPSA) is 50.8 Å². The fourth-order valence-electron chi connectivity index (χ4n) is 4.53. The first-order valence-corrected chi connectivity index (χ1v) is 9.96. The molecular formula is C21H30N2O3. The predicted molar refractivity (Wildman–Crippen MR) is 100 cm³/mol. The van der Waals surface area contributed by atoms with Gasteiger partial charge in [0.1, 0.15) is 11.4 Å². The van der Waals surface area contributed by atoms with Crippen molar-refractivity contribution in [2.24, 2.45) is 5.92 Å². The van der Waals surface area contributed by atoms with Crippen LogP contribution >= 0.6 is 0 Å². The number of ether oxygens (including phenoxy) is 2. The van der Waals surface area contributed by atoms with E-state index in [2.05, 4.69) is 30.1 Å². The number of hydrogen-bond acceptors (Lipinski definition) is 4. The highest BCUT2D eigenvalue weighted by molar-refractivity contribution is 5.79. The van der Waals surface area contributed by atoms with Gasteiger partial charge in [0, 0.05) is 37.7 Å². The number of piperidine rings is 1. The third kappa shape index (κ3) is 3.47. The van der Waals surface area contributed by atoms with E-state index in [1.165, 1.54) is 0 Å². The zero-order valence-electron chi connectivity index (χ0n) is 15.9. The monoisotopic (exact) mass is 358 g/mol. The molecule has 0 unspecified atom stereocenters. The summed E-state index contributed by atoms with van der Waals surface area (Å²) in [5, 5.41) is 3.31. The van der Waals surface area contributed by atoms with Gasteiger partial charge in [-0.05, 0) is 39.2 Å². The lowest BCUT2D eigenvalue weighted by atomic mass is 9.80. The number of carbonyl (C=O) groups is 1. The van der Waals surface area contributed by atoms with Gasteiger partial charge in [0.05, 0.1) is 18.6 Å². The summed E-state index contributed by atoms with van der Waals surface area (Å²) in [5.74, 6) is 1.05. The van der Waals surface area contributed by atoms with Crippen molar-refractivity contribution in [2.75, 3.05) is 26.3 Å². The highest BCUT2D eigenvalue weighted by atomic mass is 16.5. The lowest BCUT2D eigenvalue weighted by Gasteiger charge is -2.47. The molecule has 3 aliphatic rings. The Kier molecular flexibility index (Phi) is 4.93. The minimum atomic E-state index is -0.163. The Morgan fingerprint density at radius 3 is 2.73 bits per heavy atom. The van der Waals surface area contributed by atoms with E-state index < -0.39 is 0 Å². The first-order chi connectivity index (χ1) is 12.6. The third-order valence-electron chi connectivity index (χ3n) is 6.25. The van der Waals surface area contributed by atoms with Crippen LogP contribution in [0.3, 0.4) is 0 Å². The van der Waals surface area contributed by atoms with Gasteiger partial charge in [0.25, 0.3) is 0 Å². The van der Waals surface area contributed by atoms with Gasteiger partial charge in [-0.3, -0.25) is 4.79 Å². The van der Waals surface area contributed by atoms with Gasteiger partial charge in [-0.25, -0.2) is 0 Å². The fraction of sp³-hybridized carbons (Fsp3) is 0.667. The lowest BCUT2D eigenvalue weighted by molar-refractivity contribution is -0.126. The zero-order valence-corrected chi connectivity index (χ0v) is 15.9. The van der Waals surface area contributed by atoms with E-state index in [-0.39, 0.29) is 23.5 Å². The Morgan fingerprint density at radius 1 is 1.27 bits per heavy atom. The molecule has 0 bridgehead atoms. The number of hydrogen-bond donors (Lipinski definition) is 1. The maximum absolute atomic E-state index is 12.7. The normalized spacial score (nSPS) is 28.0. The maximum atomic E-state index is 12.7. The molecule has 4 rings (SSSR count). The van der Waals surface area contributed by atoms with Gasteiger partial charge in [-0.2, -0.15) is 0 Å². The SMILES string of the molecule is CC(C)N1CCC2(CC1)C[C@H](NC(=O)[C@H]1CCOC1)c1ccccc1O2. The molecule has 2 fully saturated rings. The Labute approximate surface area is 156 Å². The smallest absolute Gasteiger partial charge is 0.226 e. The number of nitrogens with zero attached hydrogens (tertiary/aromatic N) is 1. The average molecular weight is 358 g/mol. The number of benzene rings is 1. The Hall–Kier alpha value is -1.59. The highest BCUT2D eigenvalue weighted by Gasteiger charge is 2.44. The number of amides is 1. The van der Waals surface area contributed by atoms with Crippen LogP contribution in [0.5, 0.6) is 5.75 Å². The third-order valence-corrected chi connectivity index (χ3v) is 6.25. The first-order valence-electron chi connectivity index (χ1n) is 9.96. The van der Waals surface area contributed by atoms with Crippen molar-refractivity contribution in [2.45, 2.75) is 57.2 Å². The number of para-hydroxylation sites is 1. The van der Waals surface area contributed by atoms with Crippen molar-refractivity contribution >= 4 is 5.91 Å². The van der Waals surface area contributed by atoms with Crippen LogP contribution in [0.25, 0.3) is 0 Å². The summed E-state index contributed by atoms with van der Waals surface area (Å²) in [7, 11) is 0. The molecule has 1 spiro atoms.